The van der Waals surface area contributed by atoms with Gasteiger partial charge in [-0.25, -0.2) is 10.1 Å². The van der Waals surface area contributed by atoms with E-state index in [-0.39, 0.29) is 12.2 Å². The summed E-state index contributed by atoms with van der Waals surface area (Å²) in [6, 6.07) is 25.2. The molecular formula is C25H25BrN4O3. The van der Waals surface area contributed by atoms with E-state index in [9.17, 15) is 4.79 Å². The molecule has 2 N–H and O–H groups in total. The summed E-state index contributed by atoms with van der Waals surface area (Å²) >= 11 is 3.44. The molecule has 0 unspecified atom stereocenters. The van der Waals surface area contributed by atoms with Gasteiger partial charge < -0.3 is 14.9 Å². The van der Waals surface area contributed by atoms with Crippen LogP contribution in [0.2, 0.25) is 0 Å². The summed E-state index contributed by atoms with van der Waals surface area (Å²) < 4.78 is 15.5. The average molecular weight is 509 g/mol. The molecule has 4 rings (SSSR count). The number of para-hydroxylation sites is 2. The number of benzene rings is 3. The third-order valence-corrected chi connectivity index (χ3v) is 6.01. The van der Waals surface area contributed by atoms with Gasteiger partial charge in [-0.15, -0.1) is 0 Å². The Morgan fingerprint density at radius 3 is 2.33 bits per heavy atom. The maximum Gasteiger partial charge on any atom is 0.286 e. The molecule has 0 aliphatic rings. The largest absolute Gasteiger partial charge is 0.493 e. The van der Waals surface area contributed by atoms with Crippen LogP contribution in [0.25, 0.3) is 5.69 Å². The summed E-state index contributed by atoms with van der Waals surface area (Å²) in [4.78, 5) is 12.8. The lowest BCUT2D eigenvalue weighted by molar-refractivity contribution is 0.273. The number of nitrogens with zero attached hydrogens (tertiary/aromatic N) is 2. The Balaban J connectivity index is 1.46. The van der Waals surface area contributed by atoms with Gasteiger partial charge in [-0.05, 0) is 57.9 Å². The van der Waals surface area contributed by atoms with Gasteiger partial charge in [-0.2, -0.15) is 0 Å². The Kier molecular flexibility index (Phi) is 7.16. The van der Waals surface area contributed by atoms with Crippen LogP contribution in [-0.2, 0) is 20.2 Å². The maximum absolute atomic E-state index is 12.8. The highest BCUT2D eigenvalue weighted by atomic mass is 79.9. The monoisotopic (exact) mass is 508 g/mol. The number of halogens is 1. The molecule has 0 aliphatic heterocycles. The minimum absolute atomic E-state index is 0.137. The van der Waals surface area contributed by atoms with Gasteiger partial charge in [0.2, 0.25) is 0 Å². The van der Waals surface area contributed by atoms with Gasteiger partial charge in [0, 0.05) is 19.3 Å². The zero-order chi connectivity index (χ0) is 23.2. The molecule has 0 saturated carbocycles. The van der Waals surface area contributed by atoms with E-state index in [4.69, 9.17) is 9.47 Å². The first-order chi connectivity index (χ1) is 16.1. The summed E-state index contributed by atoms with van der Waals surface area (Å²) in [6.07, 6.45) is 0. The first-order valence-electron chi connectivity index (χ1n) is 10.4. The molecule has 7 nitrogen and oxygen atoms in total. The number of aromatic nitrogens is 2. The van der Waals surface area contributed by atoms with Crippen LogP contribution >= 0.6 is 15.9 Å². The van der Waals surface area contributed by atoms with Crippen LogP contribution in [0.1, 0.15) is 11.3 Å². The van der Waals surface area contributed by atoms with Gasteiger partial charge in [-0.1, -0.05) is 42.5 Å². The first-order valence-corrected chi connectivity index (χ1v) is 11.2. The van der Waals surface area contributed by atoms with E-state index >= 15 is 0 Å². The number of methoxy groups -OCH3 is 1. The van der Waals surface area contributed by atoms with Crippen molar-refractivity contribution in [2.75, 3.05) is 12.5 Å². The molecule has 0 amide bonds. The lowest BCUT2D eigenvalue weighted by Crippen LogP contribution is -2.20. The summed E-state index contributed by atoms with van der Waals surface area (Å²) in [7, 11) is 3.45. The summed E-state index contributed by atoms with van der Waals surface area (Å²) in [5.74, 6) is 1.22. The van der Waals surface area contributed by atoms with Crippen molar-refractivity contribution < 1.29 is 9.47 Å². The summed E-state index contributed by atoms with van der Waals surface area (Å²) in [5.41, 5.74) is 9.75. The number of anilines is 1. The second-order valence-electron chi connectivity index (χ2n) is 7.36. The molecule has 33 heavy (non-hydrogen) atoms. The second kappa shape index (κ2) is 10.4. The van der Waals surface area contributed by atoms with E-state index in [2.05, 4.69) is 26.8 Å². The molecular weight excluding hydrogens is 484 g/mol. The highest BCUT2D eigenvalue weighted by Gasteiger charge is 2.18. The van der Waals surface area contributed by atoms with Crippen molar-refractivity contribution in [2.24, 2.45) is 7.05 Å². The second-order valence-corrected chi connectivity index (χ2v) is 8.15. The van der Waals surface area contributed by atoms with Crippen LogP contribution in [0.15, 0.2) is 88.1 Å². The Hall–Kier alpha value is -3.49. The third kappa shape index (κ3) is 5.13. The predicted molar refractivity (Wildman–Crippen MR) is 133 cm³/mol. The molecule has 8 heteroatoms. The number of hydrogen-bond donors (Lipinski definition) is 2. The van der Waals surface area contributed by atoms with Crippen LogP contribution in [0.5, 0.6) is 11.5 Å². The third-order valence-electron chi connectivity index (χ3n) is 5.22. The zero-order valence-corrected chi connectivity index (χ0v) is 20.0. The van der Waals surface area contributed by atoms with Crippen molar-refractivity contribution in [1.29, 1.82) is 0 Å². The number of hydrazine groups is 1. The fourth-order valence-corrected chi connectivity index (χ4v) is 4.03. The molecule has 1 heterocycles. The molecule has 0 atom stereocenters. The Morgan fingerprint density at radius 1 is 0.939 bits per heavy atom. The summed E-state index contributed by atoms with van der Waals surface area (Å²) in [5, 5.41) is 0. The molecule has 1 aromatic heterocycles. The van der Waals surface area contributed by atoms with Gasteiger partial charge in [0.25, 0.3) is 5.56 Å². The van der Waals surface area contributed by atoms with E-state index in [0.29, 0.717) is 22.5 Å². The van der Waals surface area contributed by atoms with Crippen LogP contribution in [-0.4, -0.2) is 16.5 Å². The molecule has 3 aromatic carbocycles. The van der Waals surface area contributed by atoms with Gasteiger partial charge in [0.15, 0.2) is 11.5 Å². The number of rotatable bonds is 9. The fourth-order valence-electron chi connectivity index (χ4n) is 3.49. The van der Waals surface area contributed by atoms with Crippen LogP contribution < -0.4 is 25.9 Å². The van der Waals surface area contributed by atoms with Crippen molar-refractivity contribution in [1.82, 2.24) is 14.8 Å². The molecule has 0 aliphatic carbocycles. The minimum Gasteiger partial charge on any atom is -0.493 e. The average Bonchev–Trinajstić information content (AvgIpc) is 3.06. The zero-order valence-electron chi connectivity index (χ0n) is 18.4. The standard InChI is InChI=1S/C25H25BrN4O3/c1-29-21(24(26)25(31)30(29)20-11-7-4-8-12-20)17-33-22-14-13-18(15-23(22)32-2)16-27-28-19-9-5-3-6-10-19/h3-15,27-28H,16-17H2,1-2H3. The van der Waals surface area contributed by atoms with Crippen molar-refractivity contribution in [3.05, 3.63) is 105 Å². The van der Waals surface area contributed by atoms with Crippen molar-refractivity contribution in [3.63, 3.8) is 0 Å². The van der Waals surface area contributed by atoms with E-state index in [0.717, 1.165) is 22.6 Å². The molecule has 170 valence electrons. The highest BCUT2D eigenvalue weighted by molar-refractivity contribution is 9.10. The van der Waals surface area contributed by atoms with E-state index in [1.165, 1.54) is 0 Å². The van der Waals surface area contributed by atoms with Gasteiger partial charge in [0.05, 0.1) is 18.5 Å². The fraction of sp³-hybridized carbons (Fsp3) is 0.160. The smallest absolute Gasteiger partial charge is 0.286 e. The van der Waals surface area contributed by atoms with Crippen LogP contribution in [0.3, 0.4) is 0 Å². The van der Waals surface area contributed by atoms with Crippen molar-refractivity contribution in [2.45, 2.75) is 13.2 Å². The van der Waals surface area contributed by atoms with Crippen LogP contribution in [0.4, 0.5) is 5.69 Å². The molecule has 0 saturated heterocycles. The quantitative estimate of drug-likeness (QED) is 0.322. The molecule has 0 radical (unpaired) electrons. The number of ether oxygens (including phenoxy) is 2. The normalized spacial score (nSPS) is 10.8. The number of nitrogens with one attached hydrogen (secondary N) is 2. The van der Waals surface area contributed by atoms with Gasteiger partial charge >= 0.3 is 0 Å². The van der Waals surface area contributed by atoms with Gasteiger partial charge in [-0.3, -0.25) is 9.48 Å². The Labute approximate surface area is 200 Å². The molecule has 4 aromatic rings. The lowest BCUT2D eigenvalue weighted by Gasteiger charge is -2.14. The highest BCUT2D eigenvalue weighted by Crippen LogP contribution is 2.29. The molecule has 0 spiro atoms. The SMILES string of the molecule is COc1cc(CNNc2ccccc2)ccc1OCc1c(Br)c(=O)n(-c2ccccc2)n1C. The Morgan fingerprint density at radius 2 is 1.64 bits per heavy atom. The molecule has 0 fully saturated rings. The molecule has 0 bridgehead atoms. The summed E-state index contributed by atoms with van der Waals surface area (Å²) in [6.45, 7) is 0.807. The van der Waals surface area contributed by atoms with Crippen molar-refractivity contribution in [3.8, 4) is 17.2 Å². The Bertz CT molecular complexity index is 1270. The first kappa shape index (κ1) is 22.7. The predicted octanol–water partition coefficient (Wildman–Crippen LogP) is 4.64. The van der Waals surface area contributed by atoms with Gasteiger partial charge in [0.1, 0.15) is 11.1 Å². The topological polar surface area (TPSA) is 69.4 Å². The lowest BCUT2D eigenvalue weighted by atomic mass is 10.2. The van der Waals surface area contributed by atoms with Crippen molar-refractivity contribution >= 4 is 21.6 Å². The number of hydrogen-bond acceptors (Lipinski definition) is 5. The van der Waals surface area contributed by atoms with Crippen LogP contribution in [0, 0.1) is 0 Å². The van der Waals surface area contributed by atoms with E-state index in [1.807, 2.05) is 85.9 Å². The minimum atomic E-state index is -0.137. The van der Waals surface area contributed by atoms with E-state index < -0.39 is 0 Å². The maximum atomic E-state index is 12.8. The van der Waals surface area contributed by atoms with E-state index in [1.54, 1.807) is 16.5 Å².